The summed E-state index contributed by atoms with van der Waals surface area (Å²) in [5.74, 6) is 0. The van der Waals surface area contributed by atoms with Crippen molar-refractivity contribution in [1.82, 2.24) is 10.4 Å². The van der Waals surface area contributed by atoms with Gasteiger partial charge in [0.05, 0.1) is 11.8 Å². The van der Waals surface area contributed by atoms with E-state index < -0.39 is 0 Å². The van der Waals surface area contributed by atoms with Crippen molar-refractivity contribution in [1.29, 1.82) is 0 Å². The van der Waals surface area contributed by atoms with E-state index in [0.29, 0.717) is 5.25 Å². The highest BCUT2D eigenvalue weighted by atomic mass is 32.2. The van der Waals surface area contributed by atoms with Gasteiger partial charge in [-0.3, -0.25) is 10.4 Å². The van der Waals surface area contributed by atoms with E-state index in [1.54, 1.807) is 11.8 Å². The van der Waals surface area contributed by atoms with Crippen molar-refractivity contribution in [3.8, 4) is 0 Å². The highest BCUT2D eigenvalue weighted by molar-refractivity contribution is 8.14. The largest absolute Gasteiger partial charge is 0.298 e. The van der Waals surface area contributed by atoms with Crippen molar-refractivity contribution in [2.24, 2.45) is 4.99 Å². The summed E-state index contributed by atoms with van der Waals surface area (Å²) in [5.41, 5.74) is 4.54. The summed E-state index contributed by atoms with van der Waals surface area (Å²) in [7, 11) is 3.94. The Balaban J connectivity index is 1.96. The quantitative estimate of drug-likeness (QED) is 0.773. The molecule has 4 heteroatoms. The first-order chi connectivity index (χ1) is 7.25. The lowest BCUT2D eigenvalue weighted by Crippen LogP contribution is -2.33. The second kappa shape index (κ2) is 4.68. The van der Waals surface area contributed by atoms with Gasteiger partial charge < -0.3 is 0 Å². The number of amidine groups is 1. The molecule has 0 fully saturated rings. The number of nitrogens with one attached hydrogen (secondary N) is 1. The van der Waals surface area contributed by atoms with Crippen molar-refractivity contribution in [3.63, 3.8) is 0 Å². The summed E-state index contributed by atoms with van der Waals surface area (Å²) in [6, 6.07) is 10.5. The highest BCUT2D eigenvalue weighted by Crippen LogP contribution is 2.33. The Morgan fingerprint density at radius 2 is 2.07 bits per heavy atom. The maximum atomic E-state index is 4.46. The van der Waals surface area contributed by atoms with Crippen LogP contribution in [0.25, 0.3) is 0 Å². The average Bonchev–Trinajstić information content (AvgIpc) is 2.67. The molecular weight excluding hydrogens is 206 g/mol. The van der Waals surface area contributed by atoms with Crippen LogP contribution in [-0.4, -0.2) is 30.8 Å². The molecule has 1 N–H and O–H groups in total. The summed E-state index contributed by atoms with van der Waals surface area (Å²) in [4.78, 5) is 4.46. The van der Waals surface area contributed by atoms with Gasteiger partial charge in [0.2, 0.25) is 0 Å². The van der Waals surface area contributed by atoms with E-state index in [1.165, 1.54) is 5.56 Å². The van der Waals surface area contributed by atoms with E-state index in [-0.39, 0.29) is 0 Å². The van der Waals surface area contributed by atoms with Crippen LogP contribution >= 0.6 is 11.8 Å². The van der Waals surface area contributed by atoms with Gasteiger partial charge in [-0.15, -0.1) is 0 Å². The van der Waals surface area contributed by atoms with Crippen LogP contribution in [0.15, 0.2) is 35.3 Å². The fourth-order valence-corrected chi connectivity index (χ4v) is 2.57. The molecule has 0 aliphatic carbocycles. The Kier molecular flexibility index (Phi) is 3.28. The van der Waals surface area contributed by atoms with Crippen LogP contribution in [0.3, 0.4) is 0 Å². The fraction of sp³-hybridized carbons (Fsp3) is 0.364. The van der Waals surface area contributed by atoms with Gasteiger partial charge in [-0.25, -0.2) is 5.01 Å². The number of aliphatic imine (C=N–C) groups is 1. The Hall–Kier alpha value is -1.00. The van der Waals surface area contributed by atoms with Crippen molar-refractivity contribution >= 4 is 16.9 Å². The lowest BCUT2D eigenvalue weighted by molar-refractivity contribution is 0.366. The monoisotopic (exact) mass is 221 g/mol. The Morgan fingerprint density at radius 1 is 1.33 bits per heavy atom. The predicted octanol–water partition coefficient (Wildman–Crippen LogP) is 1.90. The molecule has 0 spiro atoms. The molecule has 1 aliphatic heterocycles. The highest BCUT2D eigenvalue weighted by Gasteiger charge is 2.21. The van der Waals surface area contributed by atoms with Crippen LogP contribution in [0.2, 0.25) is 0 Å². The van der Waals surface area contributed by atoms with E-state index in [0.717, 1.165) is 11.7 Å². The molecule has 3 nitrogen and oxygen atoms in total. The molecule has 15 heavy (non-hydrogen) atoms. The minimum absolute atomic E-state index is 0.466. The van der Waals surface area contributed by atoms with Crippen LogP contribution in [0.5, 0.6) is 0 Å². The van der Waals surface area contributed by atoms with Gasteiger partial charge in [-0.2, -0.15) is 0 Å². The zero-order chi connectivity index (χ0) is 10.7. The molecule has 1 aliphatic rings. The Bertz CT molecular complexity index is 348. The molecule has 0 aromatic heterocycles. The first kappa shape index (κ1) is 10.5. The number of hydrazine groups is 1. The molecule has 0 saturated heterocycles. The summed E-state index contributed by atoms with van der Waals surface area (Å²) >= 11 is 1.79. The molecular formula is C11H15N3S. The normalized spacial score (nSPS) is 20.5. The van der Waals surface area contributed by atoms with Gasteiger partial charge in [0.25, 0.3) is 0 Å². The van der Waals surface area contributed by atoms with Gasteiger partial charge in [0.1, 0.15) is 0 Å². The molecule has 1 aromatic carbocycles. The Labute approximate surface area is 94.5 Å². The lowest BCUT2D eigenvalue weighted by Gasteiger charge is -2.13. The summed E-state index contributed by atoms with van der Waals surface area (Å²) < 4.78 is 0. The number of nitrogens with zero attached hydrogens (tertiary/aromatic N) is 2. The number of rotatable bonds is 2. The zero-order valence-corrected chi connectivity index (χ0v) is 9.79. The third-order valence-corrected chi connectivity index (χ3v) is 3.29. The van der Waals surface area contributed by atoms with Gasteiger partial charge in [-0.1, -0.05) is 42.1 Å². The smallest absolute Gasteiger partial charge is 0.171 e. The molecule has 1 atom stereocenters. The van der Waals surface area contributed by atoms with Gasteiger partial charge in [0.15, 0.2) is 5.17 Å². The first-order valence-electron chi connectivity index (χ1n) is 4.96. The lowest BCUT2D eigenvalue weighted by atomic mass is 10.1. The summed E-state index contributed by atoms with van der Waals surface area (Å²) in [6.07, 6.45) is 0. The third kappa shape index (κ3) is 2.73. The SMILES string of the molecule is CN(C)NC1=NCC(c2ccccc2)S1. The maximum absolute atomic E-state index is 4.46. The minimum Gasteiger partial charge on any atom is -0.298 e. The van der Waals surface area contributed by atoms with Crippen molar-refractivity contribution in [3.05, 3.63) is 35.9 Å². The van der Waals surface area contributed by atoms with Crippen LogP contribution in [0, 0.1) is 0 Å². The molecule has 0 amide bonds. The first-order valence-corrected chi connectivity index (χ1v) is 5.83. The molecule has 2 rings (SSSR count). The van der Waals surface area contributed by atoms with Crippen molar-refractivity contribution < 1.29 is 0 Å². The van der Waals surface area contributed by atoms with Gasteiger partial charge in [-0.05, 0) is 5.56 Å². The van der Waals surface area contributed by atoms with Crippen LogP contribution < -0.4 is 5.43 Å². The van der Waals surface area contributed by atoms with Crippen LogP contribution in [-0.2, 0) is 0 Å². The molecule has 1 heterocycles. The van der Waals surface area contributed by atoms with E-state index in [9.17, 15) is 0 Å². The molecule has 1 aromatic rings. The predicted molar refractivity (Wildman–Crippen MR) is 65.9 cm³/mol. The number of thioether (sulfide) groups is 1. The summed E-state index contributed by atoms with van der Waals surface area (Å²) in [5, 5.41) is 3.39. The Morgan fingerprint density at radius 3 is 2.73 bits per heavy atom. The number of benzene rings is 1. The minimum atomic E-state index is 0.466. The van der Waals surface area contributed by atoms with E-state index in [4.69, 9.17) is 0 Å². The average molecular weight is 221 g/mol. The van der Waals surface area contributed by atoms with Crippen LogP contribution in [0.4, 0.5) is 0 Å². The topological polar surface area (TPSA) is 27.6 Å². The van der Waals surface area contributed by atoms with Gasteiger partial charge in [0, 0.05) is 14.1 Å². The second-order valence-corrected chi connectivity index (χ2v) is 4.86. The van der Waals surface area contributed by atoms with E-state index in [2.05, 4.69) is 34.7 Å². The molecule has 80 valence electrons. The van der Waals surface area contributed by atoms with Crippen LogP contribution in [0.1, 0.15) is 10.8 Å². The molecule has 0 radical (unpaired) electrons. The van der Waals surface area contributed by atoms with E-state index >= 15 is 0 Å². The van der Waals surface area contributed by atoms with Crippen molar-refractivity contribution in [2.45, 2.75) is 5.25 Å². The van der Waals surface area contributed by atoms with Crippen molar-refractivity contribution in [2.75, 3.05) is 20.6 Å². The third-order valence-electron chi connectivity index (χ3n) is 2.15. The molecule has 0 bridgehead atoms. The van der Waals surface area contributed by atoms with Gasteiger partial charge >= 0.3 is 0 Å². The number of hydrogen-bond acceptors (Lipinski definition) is 4. The fourth-order valence-electron chi connectivity index (χ4n) is 1.47. The van der Waals surface area contributed by atoms with E-state index in [1.807, 2.05) is 25.2 Å². The zero-order valence-electron chi connectivity index (χ0n) is 8.97. The molecule has 0 saturated carbocycles. The number of hydrogen-bond donors (Lipinski definition) is 1. The molecule has 1 unspecified atom stereocenters. The second-order valence-electron chi connectivity index (χ2n) is 3.67. The maximum Gasteiger partial charge on any atom is 0.171 e. The standard InChI is InChI=1S/C11H15N3S/c1-14(2)13-11-12-8-10(15-11)9-6-4-3-5-7-9/h3-7,10H,8H2,1-2H3,(H,12,13). The summed E-state index contributed by atoms with van der Waals surface area (Å²) in [6.45, 7) is 0.866.